The minimum Gasteiger partial charge on any atom is -0.309 e. The molecule has 8 aromatic carbocycles. The third kappa shape index (κ3) is 5.37. The van der Waals surface area contributed by atoms with E-state index in [-0.39, 0.29) is 5.41 Å². The van der Waals surface area contributed by atoms with Gasteiger partial charge in [-0.05, 0) is 130 Å². The van der Waals surface area contributed by atoms with Crippen molar-refractivity contribution in [3.05, 3.63) is 230 Å². The SMILES string of the molecule is C=CC1=C(/C=C\C)C(C)(C)c2cc(-c3ccc(-n4c5ccccc5c5cc(-c6ccc7c(c6)n(-c6ccccc6)c6nc8c9ccccc9n(-c9ccccc9)c8n76)ccc54)cc3)ccc21. The minimum atomic E-state index is -0.106. The first-order valence-corrected chi connectivity index (χ1v) is 22.8. The summed E-state index contributed by atoms with van der Waals surface area (Å²) in [6, 6.07) is 68.4. The van der Waals surface area contributed by atoms with Crippen LogP contribution >= 0.6 is 0 Å². The molecule has 0 spiro atoms. The summed E-state index contributed by atoms with van der Waals surface area (Å²) in [6.45, 7) is 10.9. The van der Waals surface area contributed by atoms with Crippen LogP contribution in [-0.2, 0) is 5.41 Å². The molecule has 0 fully saturated rings. The molecule has 0 saturated heterocycles. The Morgan fingerprint density at radius 2 is 1.05 bits per heavy atom. The molecule has 0 aliphatic heterocycles. The molecule has 13 rings (SSSR count). The lowest BCUT2D eigenvalue weighted by Gasteiger charge is -2.23. The van der Waals surface area contributed by atoms with Gasteiger partial charge in [-0.2, -0.15) is 0 Å². The molecule has 12 aromatic rings. The Balaban J connectivity index is 0.940. The summed E-state index contributed by atoms with van der Waals surface area (Å²) < 4.78 is 9.43. The molecule has 5 nitrogen and oxygen atoms in total. The molecule has 1 aliphatic rings. The molecule has 66 heavy (non-hydrogen) atoms. The molecule has 0 radical (unpaired) electrons. The van der Waals surface area contributed by atoms with E-state index in [4.69, 9.17) is 4.98 Å². The van der Waals surface area contributed by atoms with Gasteiger partial charge >= 0.3 is 0 Å². The van der Waals surface area contributed by atoms with Crippen LogP contribution in [0, 0.1) is 0 Å². The number of nitrogens with zero attached hydrogens (tertiary/aromatic N) is 5. The molecule has 0 atom stereocenters. The van der Waals surface area contributed by atoms with Gasteiger partial charge in [-0.25, -0.2) is 4.98 Å². The van der Waals surface area contributed by atoms with Crippen LogP contribution in [0.15, 0.2) is 218 Å². The van der Waals surface area contributed by atoms with Crippen LogP contribution in [0.2, 0.25) is 0 Å². The average Bonchev–Trinajstić information content (AvgIpc) is 4.13. The van der Waals surface area contributed by atoms with Gasteiger partial charge < -0.3 is 4.57 Å². The zero-order chi connectivity index (χ0) is 44.3. The van der Waals surface area contributed by atoms with Gasteiger partial charge in [0.25, 0.3) is 0 Å². The largest absolute Gasteiger partial charge is 0.309 e. The molecule has 1 aliphatic carbocycles. The van der Waals surface area contributed by atoms with Crippen LogP contribution < -0.4 is 0 Å². The quantitative estimate of drug-likeness (QED) is 0.157. The second-order valence-corrected chi connectivity index (χ2v) is 18.0. The van der Waals surface area contributed by atoms with E-state index >= 15 is 0 Å². The van der Waals surface area contributed by atoms with Gasteiger partial charge in [0, 0.05) is 38.6 Å². The number of para-hydroxylation sites is 4. The number of allylic oxidation sites excluding steroid dienone is 5. The van der Waals surface area contributed by atoms with Crippen molar-refractivity contribution in [3.63, 3.8) is 0 Å². The third-order valence-electron chi connectivity index (χ3n) is 14.1. The summed E-state index contributed by atoms with van der Waals surface area (Å²) >= 11 is 0. The molecule has 0 N–H and O–H groups in total. The van der Waals surface area contributed by atoms with E-state index < -0.39 is 0 Å². The number of aromatic nitrogens is 5. The normalized spacial score (nSPS) is 13.7. The maximum atomic E-state index is 5.46. The van der Waals surface area contributed by atoms with Crippen LogP contribution in [0.3, 0.4) is 0 Å². The predicted molar refractivity (Wildman–Crippen MR) is 277 cm³/mol. The van der Waals surface area contributed by atoms with Crippen LogP contribution in [0.25, 0.3) is 106 Å². The Morgan fingerprint density at radius 3 is 1.76 bits per heavy atom. The Kier molecular flexibility index (Phi) is 8.25. The number of imidazole rings is 2. The smallest absolute Gasteiger partial charge is 0.221 e. The van der Waals surface area contributed by atoms with Gasteiger partial charge in [0.2, 0.25) is 5.78 Å². The Morgan fingerprint density at radius 1 is 0.485 bits per heavy atom. The van der Waals surface area contributed by atoms with Gasteiger partial charge in [0.1, 0.15) is 5.52 Å². The monoisotopic (exact) mass is 847 g/mol. The van der Waals surface area contributed by atoms with Crippen LogP contribution in [0.5, 0.6) is 0 Å². The van der Waals surface area contributed by atoms with Crippen molar-refractivity contribution >= 4 is 66.3 Å². The summed E-state index contributed by atoms with van der Waals surface area (Å²) in [6.07, 6.45) is 6.38. The van der Waals surface area contributed by atoms with E-state index in [1.54, 1.807) is 0 Å². The van der Waals surface area contributed by atoms with Crippen molar-refractivity contribution in [2.75, 3.05) is 0 Å². The van der Waals surface area contributed by atoms with Crippen molar-refractivity contribution in [3.8, 4) is 39.3 Å². The molecule has 314 valence electrons. The number of fused-ring (bicyclic) bond motifs is 11. The highest BCUT2D eigenvalue weighted by atomic mass is 15.3. The second-order valence-electron chi connectivity index (χ2n) is 18.0. The summed E-state index contributed by atoms with van der Waals surface area (Å²) in [7, 11) is 0. The summed E-state index contributed by atoms with van der Waals surface area (Å²) in [5.41, 5.74) is 20.8. The topological polar surface area (TPSA) is 32.1 Å². The molecule has 0 saturated carbocycles. The molecule has 0 unspecified atom stereocenters. The van der Waals surface area contributed by atoms with E-state index in [0.29, 0.717) is 0 Å². The summed E-state index contributed by atoms with van der Waals surface area (Å²) in [5, 5.41) is 3.58. The van der Waals surface area contributed by atoms with Crippen molar-refractivity contribution in [2.45, 2.75) is 26.2 Å². The summed E-state index contributed by atoms with van der Waals surface area (Å²) in [5.74, 6) is 0.885. The van der Waals surface area contributed by atoms with Gasteiger partial charge in [-0.1, -0.05) is 148 Å². The van der Waals surface area contributed by atoms with Crippen molar-refractivity contribution in [1.29, 1.82) is 0 Å². The highest BCUT2D eigenvalue weighted by Gasteiger charge is 2.35. The molecular weight excluding hydrogens is 803 g/mol. The van der Waals surface area contributed by atoms with Gasteiger partial charge in [-0.15, -0.1) is 0 Å². The molecular formula is C61H45N5. The number of hydrogen-bond donors (Lipinski definition) is 0. The fraction of sp³-hybridized carbons (Fsp3) is 0.0656. The van der Waals surface area contributed by atoms with Gasteiger partial charge in [-0.3, -0.25) is 13.5 Å². The first kappa shape index (κ1) is 38.1. The molecule has 4 heterocycles. The fourth-order valence-corrected chi connectivity index (χ4v) is 11.0. The Labute approximate surface area is 382 Å². The van der Waals surface area contributed by atoms with Gasteiger partial charge in [0.05, 0.1) is 27.6 Å². The van der Waals surface area contributed by atoms with E-state index in [1.165, 1.54) is 55.2 Å². The zero-order valence-electron chi connectivity index (χ0n) is 37.1. The third-order valence-corrected chi connectivity index (χ3v) is 14.1. The maximum Gasteiger partial charge on any atom is 0.221 e. The first-order chi connectivity index (χ1) is 32.4. The lowest BCUT2D eigenvalue weighted by atomic mass is 9.80. The number of hydrogen-bond acceptors (Lipinski definition) is 1. The van der Waals surface area contributed by atoms with E-state index in [0.717, 1.165) is 67.1 Å². The average molecular weight is 848 g/mol. The standard InChI is InChI=1S/C61H45N5/c1-5-17-51-46(6-2)47-33-28-41(37-52(47)61(51,3)4)39-26-31-45(32-27-39)63-53-24-15-13-22-48(53)50-36-40(29-34-55(50)63)42-30-35-56-57(38-42)65(44-20-11-8-12-21-44)60-62-58-49-23-14-16-25-54(49)64(59(58)66(56)60)43-18-9-7-10-19-43/h5-38H,2H2,1,3-4H3/b17-5-. The Hall–Kier alpha value is -8.41. The fourth-order valence-electron chi connectivity index (χ4n) is 11.0. The minimum absolute atomic E-state index is 0.106. The maximum absolute atomic E-state index is 5.46. The molecule has 0 amide bonds. The molecule has 5 heteroatoms. The van der Waals surface area contributed by atoms with Crippen molar-refractivity contribution in [2.24, 2.45) is 0 Å². The van der Waals surface area contributed by atoms with Gasteiger partial charge in [0.15, 0.2) is 5.65 Å². The number of rotatable bonds is 7. The lowest BCUT2D eigenvalue weighted by molar-refractivity contribution is 0.654. The molecule has 0 bridgehead atoms. The molecule has 4 aromatic heterocycles. The van der Waals surface area contributed by atoms with E-state index in [9.17, 15) is 0 Å². The second kappa shape index (κ2) is 14.3. The highest BCUT2D eigenvalue weighted by Crippen LogP contribution is 2.48. The first-order valence-electron chi connectivity index (χ1n) is 22.8. The van der Waals surface area contributed by atoms with Crippen LogP contribution in [0.4, 0.5) is 0 Å². The van der Waals surface area contributed by atoms with E-state index in [1.807, 2.05) is 6.08 Å². The summed E-state index contributed by atoms with van der Waals surface area (Å²) in [4.78, 5) is 5.46. The lowest BCUT2D eigenvalue weighted by Crippen LogP contribution is -2.16. The number of benzene rings is 8. The zero-order valence-corrected chi connectivity index (χ0v) is 37.1. The van der Waals surface area contributed by atoms with E-state index in [2.05, 4.69) is 246 Å². The van der Waals surface area contributed by atoms with Crippen LogP contribution in [0.1, 0.15) is 31.9 Å². The van der Waals surface area contributed by atoms with Crippen molar-refractivity contribution < 1.29 is 0 Å². The van der Waals surface area contributed by atoms with Crippen molar-refractivity contribution in [1.82, 2.24) is 23.1 Å². The Bertz CT molecular complexity index is 4020. The van der Waals surface area contributed by atoms with Crippen LogP contribution in [-0.4, -0.2) is 23.1 Å². The highest BCUT2D eigenvalue weighted by molar-refractivity contribution is 6.11. The predicted octanol–water partition coefficient (Wildman–Crippen LogP) is 15.6.